The molecular weight excluding hydrogens is 426 g/mol. The van der Waals surface area contributed by atoms with Crippen LogP contribution in [0.4, 0.5) is 0 Å². The number of carbonyl (C=O) groups is 1. The maximum atomic E-state index is 12.4. The number of benzene rings is 2. The molecule has 2 atom stereocenters. The molecule has 1 saturated heterocycles. The summed E-state index contributed by atoms with van der Waals surface area (Å²) in [4.78, 5) is 19.0. The van der Waals surface area contributed by atoms with E-state index in [1.807, 2.05) is 54.8 Å². The number of rotatable bonds is 8. The van der Waals surface area contributed by atoms with Gasteiger partial charge in [0.1, 0.15) is 24.3 Å². The summed E-state index contributed by atoms with van der Waals surface area (Å²) in [6.07, 6.45) is 1.40. The molecule has 6 nitrogen and oxygen atoms in total. The van der Waals surface area contributed by atoms with Crippen molar-refractivity contribution < 1.29 is 14.6 Å². The summed E-state index contributed by atoms with van der Waals surface area (Å²) < 4.78 is 7.89. The van der Waals surface area contributed by atoms with Crippen molar-refractivity contribution >= 4 is 28.5 Å². The van der Waals surface area contributed by atoms with Gasteiger partial charge in [-0.05, 0) is 49.2 Å². The Labute approximate surface area is 193 Å². The van der Waals surface area contributed by atoms with Crippen molar-refractivity contribution in [2.24, 2.45) is 0 Å². The normalized spacial score (nSPS) is 17.2. The number of carbonyl (C=O) groups excluding carboxylic acids is 1. The van der Waals surface area contributed by atoms with Crippen LogP contribution in [-0.4, -0.2) is 51.3 Å². The molecule has 0 saturated carbocycles. The van der Waals surface area contributed by atoms with Crippen molar-refractivity contribution in [3.05, 3.63) is 71.0 Å². The fraction of sp³-hybridized carbons (Fsp3) is 0.360. The SMILES string of the molecule is C=CCN1C[C@@H](c2nc3ccccc3n2C[C@H](O)COc2cc(C)c(Cl)c(C)c2)CC1=O. The average molecular weight is 454 g/mol. The van der Waals surface area contributed by atoms with Gasteiger partial charge in [-0.2, -0.15) is 0 Å². The predicted molar refractivity (Wildman–Crippen MR) is 126 cm³/mol. The van der Waals surface area contributed by atoms with Gasteiger partial charge >= 0.3 is 0 Å². The molecule has 0 spiro atoms. The quantitative estimate of drug-likeness (QED) is 0.518. The molecule has 7 heteroatoms. The van der Waals surface area contributed by atoms with E-state index in [9.17, 15) is 9.90 Å². The number of hydrogen-bond donors (Lipinski definition) is 1. The van der Waals surface area contributed by atoms with Gasteiger partial charge in [0.2, 0.25) is 5.91 Å². The first-order valence-corrected chi connectivity index (χ1v) is 11.2. The molecular formula is C25H28ClN3O3. The summed E-state index contributed by atoms with van der Waals surface area (Å²) in [5, 5.41) is 11.5. The molecule has 0 radical (unpaired) electrons. The second-order valence-electron chi connectivity index (χ2n) is 8.39. The van der Waals surface area contributed by atoms with Crippen LogP contribution in [0.5, 0.6) is 5.75 Å². The van der Waals surface area contributed by atoms with Gasteiger partial charge in [0, 0.05) is 30.5 Å². The Bertz CT molecular complexity index is 1130. The van der Waals surface area contributed by atoms with E-state index in [4.69, 9.17) is 21.3 Å². The number of aliphatic hydroxyl groups is 1. The van der Waals surface area contributed by atoms with Crippen LogP contribution >= 0.6 is 11.6 Å². The zero-order valence-corrected chi connectivity index (χ0v) is 19.2. The summed E-state index contributed by atoms with van der Waals surface area (Å²) in [5.74, 6) is 1.58. The van der Waals surface area contributed by atoms with E-state index in [1.54, 1.807) is 11.0 Å². The van der Waals surface area contributed by atoms with Crippen LogP contribution in [0.15, 0.2) is 49.1 Å². The second kappa shape index (κ2) is 9.35. The van der Waals surface area contributed by atoms with Crippen molar-refractivity contribution in [2.45, 2.75) is 38.8 Å². The minimum atomic E-state index is -0.746. The lowest BCUT2D eigenvalue weighted by Crippen LogP contribution is -2.26. The molecule has 1 N–H and O–H groups in total. The number of likely N-dealkylation sites (tertiary alicyclic amines) is 1. The molecule has 168 valence electrons. The Balaban J connectivity index is 1.54. The molecule has 32 heavy (non-hydrogen) atoms. The molecule has 1 aliphatic rings. The van der Waals surface area contributed by atoms with Crippen LogP contribution in [-0.2, 0) is 11.3 Å². The van der Waals surface area contributed by atoms with E-state index in [2.05, 4.69) is 6.58 Å². The second-order valence-corrected chi connectivity index (χ2v) is 8.77. The molecule has 1 amide bonds. The van der Waals surface area contributed by atoms with Gasteiger partial charge in [-0.1, -0.05) is 29.8 Å². The number of aliphatic hydroxyl groups excluding tert-OH is 1. The Morgan fingerprint density at radius 1 is 1.31 bits per heavy atom. The number of aromatic nitrogens is 2. The van der Waals surface area contributed by atoms with Gasteiger partial charge in [-0.15, -0.1) is 6.58 Å². The van der Waals surface area contributed by atoms with Gasteiger partial charge in [0.15, 0.2) is 0 Å². The minimum Gasteiger partial charge on any atom is -0.491 e. The predicted octanol–water partition coefficient (Wildman–Crippen LogP) is 4.25. The summed E-state index contributed by atoms with van der Waals surface area (Å²) in [6, 6.07) is 11.6. The van der Waals surface area contributed by atoms with E-state index < -0.39 is 6.10 Å². The van der Waals surface area contributed by atoms with Crippen LogP contribution in [0.25, 0.3) is 11.0 Å². The van der Waals surface area contributed by atoms with E-state index in [1.165, 1.54) is 0 Å². The molecule has 4 rings (SSSR count). The van der Waals surface area contributed by atoms with Crippen LogP contribution in [0, 0.1) is 13.8 Å². The van der Waals surface area contributed by atoms with Gasteiger partial charge in [-0.25, -0.2) is 4.98 Å². The first-order chi connectivity index (χ1) is 15.4. The zero-order valence-electron chi connectivity index (χ0n) is 18.4. The average Bonchev–Trinajstić information content (AvgIpc) is 3.31. The first-order valence-electron chi connectivity index (χ1n) is 10.8. The topological polar surface area (TPSA) is 67.6 Å². The third kappa shape index (κ3) is 4.52. The summed E-state index contributed by atoms with van der Waals surface area (Å²) >= 11 is 6.23. The number of hydrogen-bond acceptors (Lipinski definition) is 4. The van der Waals surface area contributed by atoms with Gasteiger partial charge < -0.3 is 19.3 Å². The maximum absolute atomic E-state index is 12.4. The number of halogens is 1. The van der Waals surface area contributed by atoms with E-state index >= 15 is 0 Å². The molecule has 3 aromatic rings. The molecule has 2 heterocycles. The van der Waals surface area contributed by atoms with Crippen molar-refractivity contribution in [2.75, 3.05) is 19.7 Å². The Hall–Kier alpha value is -2.83. The van der Waals surface area contributed by atoms with Crippen molar-refractivity contribution in [3.63, 3.8) is 0 Å². The minimum absolute atomic E-state index is 0.0236. The molecule has 2 aromatic carbocycles. The highest BCUT2D eigenvalue weighted by Crippen LogP contribution is 2.31. The monoisotopic (exact) mass is 453 g/mol. The smallest absolute Gasteiger partial charge is 0.223 e. The highest BCUT2D eigenvalue weighted by Gasteiger charge is 2.33. The standard InChI is InChI=1S/C25H28ClN3O3/c1-4-9-28-13-18(12-23(28)31)25-27-21-7-5-6-8-22(21)29(25)14-19(30)15-32-20-10-16(2)24(26)17(3)11-20/h4-8,10-11,18-19,30H,1,9,12-15H2,2-3H3/t18-,19-/m0/s1. The fourth-order valence-corrected chi connectivity index (χ4v) is 4.43. The van der Waals surface area contributed by atoms with Gasteiger partial charge in [0.05, 0.1) is 17.6 Å². The number of imidazole rings is 1. The largest absolute Gasteiger partial charge is 0.491 e. The van der Waals surface area contributed by atoms with Gasteiger partial charge in [-0.3, -0.25) is 4.79 Å². The lowest BCUT2D eigenvalue weighted by atomic mass is 10.1. The molecule has 0 unspecified atom stereocenters. The number of fused-ring (bicyclic) bond motifs is 1. The molecule has 1 aliphatic heterocycles. The number of nitrogens with zero attached hydrogens (tertiary/aromatic N) is 3. The number of ether oxygens (including phenoxy) is 1. The number of amides is 1. The van der Waals surface area contributed by atoms with Crippen LogP contribution in [0.3, 0.4) is 0 Å². The highest BCUT2D eigenvalue weighted by molar-refractivity contribution is 6.32. The van der Waals surface area contributed by atoms with Gasteiger partial charge in [0.25, 0.3) is 0 Å². The lowest BCUT2D eigenvalue weighted by molar-refractivity contribution is -0.127. The third-order valence-corrected chi connectivity index (χ3v) is 6.46. The van der Waals surface area contributed by atoms with Crippen LogP contribution in [0.2, 0.25) is 5.02 Å². The summed E-state index contributed by atoms with van der Waals surface area (Å²) in [7, 11) is 0. The highest BCUT2D eigenvalue weighted by atomic mass is 35.5. The maximum Gasteiger partial charge on any atom is 0.223 e. The zero-order chi connectivity index (χ0) is 22.8. The van der Waals surface area contributed by atoms with Crippen molar-refractivity contribution in [3.8, 4) is 5.75 Å². The van der Waals surface area contributed by atoms with Crippen LogP contribution in [0.1, 0.15) is 29.3 Å². The van der Waals surface area contributed by atoms with E-state index in [-0.39, 0.29) is 18.4 Å². The van der Waals surface area contributed by atoms with Crippen molar-refractivity contribution in [1.29, 1.82) is 0 Å². The molecule has 1 fully saturated rings. The molecule has 0 bridgehead atoms. The summed E-state index contributed by atoms with van der Waals surface area (Å²) in [6.45, 7) is 9.20. The Morgan fingerprint density at radius 3 is 2.75 bits per heavy atom. The van der Waals surface area contributed by atoms with Crippen LogP contribution < -0.4 is 4.74 Å². The number of para-hydroxylation sites is 2. The van der Waals surface area contributed by atoms with E-state index in [0.29, 0.717) is 31.8 Å². The number of aryl methyl sites for hydroxylation is 2. The third-order valence-electron chi connectivity index (χ3n) is 5.86. The lowest BCUT2D eigenvalue weighted by Gasteiger charge is -2.19. The Morgan fingerprint density at radius 2 is 2.03 bits per heavy atom. The fourth-order valence-electron chi connectivity index (χ4n) is 4.32. The molecule has 0 aliphatic carbocycles. The van der Waals surface area contributed by atoms with Crippen molar-refractivity contribution in [1.82, 2.24) is 14.5 Å². The molecule has 1 aromatic heterocycles. The Kier molecular flexibility index (Phi) is 6.53. The first kappa shape index (κ1) is 22.4. The van der Waals surface area contributed by atoms with E-state index in [0.717, 1.165) is 33.0 Å². The summed E-state index contributed by atoms with van der Waals surface area (Å²) in [5.41, 5.74) is 3.67.